The molecule has 0 aromatic carbocycles. The molecule has 7 heteroatoms. The first kappa shape index (κ1) is 20.4. The standard InChI is InChI=1S/C14H33N3O3Si/c1-8-18-21(19-9-2,20-10-3)14(6,7)13(4,5)11-17-12(15)16/h8-11H2,1-7H3,(H4,15,16,17). The maximum absolute atomic E-state index is 6.05. The summed E-state index contributed by atoms with van der Waals surface area (Å²) in [5, 5.41) is -0.346. The Morgan fingerprint density at radius 3 is 1.57 bits per heavy atom. The molecule has 0 aliphatic heterocycles. The Morgan fingerprint density at radius 2 is 1.29 bits per heavy atom. The van der Waals surface area contributed by atoms with Gasteiger partial charge in [0.05, 0.1) is 0 Å². The lowest BCUT2D eigenvalue weighted by atomic mass is 9.80. The molecule has 0 fully saturated rings. The zero-order valence-corrected chi connectivity index (χ0v) is 15.7. The highest BCUT2D eigenvalue weighted by Crippen LogP contribution is 2.53. The van der Waals surface area contributed by atoms with Crippen molar-refractivity contribution in [1.82, 2.24) is 0 Å². The predicted octanol–water partition coefficient (Wildman–Crippen LogP) is 2.11. The monoisotopic (exact) mass is 319 g/mol. The summed E-state index contributed by atoms with van der Waals surface area (Å²) in [5.74, 6) is 0.0929. The van der Waals surface area contributed by atoms with Gasteiger partial charge >= 0.3 is 8.80 Å². The van der Waals surface area contributed by atoms with Gasteiger partial charge in [-0.05, 0) is 26.2 Å². The van der Waals surface area contributed by atoms with Crippen molar-refractivity contribution >= 4 is 14.8 Å². The average Bonchev–Trinajstić information content (AvgIpc) is 2.37. The van der Waals surface area contributed by atoms with E-state index in [1.165, 1.54) is 0 Å². The fourth-order valence-electron chi connectivity index (χ4n) is 2.14. The molecule has 0 spiro atoms. The molecule has 4 N–H and O–H groups in total. The number of nitrogens with two attached hydrogens (primary N) is 2. The van der Waals surface area contributed by atoms with Gasteiger partial charge in [0.2, 0.25) is 0 Å². The van der Waals surface area contributed by atoms with E-state index in [4.69, 9.17) is 24.7 Å². The topological polar surface area (TPSA) is 92.1 Å². The molecular weight excluding hydrogens is 286 g/mol. The van der Waals surface area contributed by atoms with E-state index in [1.54, 1.807) is 0 Å². The second kappa shape index (κ2) is 8.12. The molecule has 126 valence electrons. The molecular formula is C14H33N3O3Si. The Bertz CT molecular complexity index is 325. The molecule has 0 bridgehead atoms. The maximum Gasteiger partial charge on any atom is 0.507 e. The highest BCUT2D eigenvalue weighted by Gasteiger charge is 2.61. The van der Waals surface area contributed by atoms with Crippen molar-refractivity contribution < 1.29 is 13.3 Å². The molecule has 0 atom stereocenters. The minimum absolute atomic E-state index is 0.0929. The molecule has 0 saturated carbocycles. The molecule has 0 heterocycles. The molecule has 0 aromatic heterocycles. The van der Waals surface area contributed by atoms with Crippen LogP contribution in [0, 0.1) is 5.41 Å². The summed E-state index contributed by atoms with van der Waals surface area (Å²) in [6.45, 7) is 16.5. The Morgan fingerprint density at radius 1 is 0.905 bits per heavy atom. The SMILES string of the molecule is CCO[Si](OCC)(OCC)C(C)(C)C(C)(C)CN=C(N)N. The quantitative estimate of drug-likeness (QED) is 0.365. The van der Waals surface area contributed by atoms with Crippen molar-refractivity contribution in [2.75, 3.05) is 26.4 Å². The van der Waals surface area contributed by atoms with E-state index >= 15 is 0 Å². The molecule has 0 rings (SSSR count). The van der Waals surface area contributed by atoms with E-state index in [-0.39, 0.29) is 16.4 Å². The van der Waals surface area contributed by atoms with E-state index in [0.717, 1.165) is 0 Å². The third-order valence-corrected chi connectivity index (χ3v) is 8.33. The first-order chi connectivity index (χ1) is 9.60. The van der Waals surface area contributed by atoms with Gasteiger partial charge in [-0.3, -0.25) is 4.99 Å². The second-order valence-electron chi connectivity index (χ2n) is 6.11. The van der Waals surface area contributed by atoms with Crippen LogP contribution in [0.25, 0.3) is 0 Å². The molecule has 6 nitrogen and oxygen atoms in total. The van der Waals surface area contributed by atoms with Crippen LogP contribution in [0.1, 0.15) is 48.5 Å². The normalized spacial score (nSPS) is 13.3. The van der Waals surface area contributed by atoms with Crippen LogP contribution in [0.5, 0.6) is 0 Å². The lowest BCUT2D eigenvalue weighted by Crippen LogP contribution is -2.60. The molecule has 0 aliphatic carbocycles. The van der Waals surface area contributed by atoms with Gasteiger partial charge in [-0.1, -0.05) is 27.7 Å². The van der Waals surface area contributed by atoms with Gasteiger partial charge in [-0.15, -0.1) is 0 Å². The molecule has 0 radical (unpaired) electrons. The number of hydrogen-bond donors (Lipinski definition) is 2. The summed E-state index contributed by atoms with van der Waals surface area (Å²) in [6, 6.07) is 0. The van der Waals surface area contributed by atoms with Crippen molar-refractivity contribution in [3.05, 3.63) is 0 Å². The summed E-state index contributed by atoms with van der Waals surface area (Å²) in [6.07, 6.45) is 0. The highest BCUT2D eigenvalue weighted by atomic mass is 28.4. The fraction of sp³-hybridized carbons (Fsp3) is 0.929. The lowest BCUT2D eigenvalue weighted by Gasteiger charge is -2.49. The average molecular weight is 320 g/mol. The first-order valence-electron chi connectivity index (χ1n) is 7.57. The van der Waals surface area contributed by atoms with E-state index in [2.05, 4.69) is 32.7 Å². The van der Waals surface area contributed by atoms with Gasteiger partial charge in [-0.25, -0.2) is 0 Å². The molecule has 0 amide bonds. The predicted molar refractivity (Wildman–Crippen MR) is 89.1 cm³/mol. The molecule has 0 aromatic rings. The molecule has 21 heavy (non-hydrogen) atoms. The Balaban J connectivity index is 5.64. The van der Waals surface area contributed by atoms with Crippen LogP contribution in [0.4, 0.5) is 0 Å². The van der Waals surface area contributed by atoms with Gasteiger partial charge < -0.3 is 24.7 Å². The van der Waals surface area contributed by atoms with E-state index < -0.39 is 8.80 Å². The minimum atomic E-state index is -2.88. The van der Waals surface area contributed by atoms with Crippen LogP contribution in [0.2, 0.25) is 5.04 Å². The summed E-state index contributed by atoms with van der Waals surface area (Å²) in [4.78, 5) is 4.18. The van der Waals surface area contributed by atoms with Crippen LogP contribution in [0.15, 0.2) is 4.99 Å². The number of aliphatic imine (C=N–C) groups is 1. The number of hydrogen-bond acceptors (Lipinski definition) is 4. The Hall–Kier alpha value is -0.633. The van der Waals surface area contributed by atoms with Crippen molar-refractivity contribution in [1.29, 1.82) is 0 Å². The molecule has 0 aliphatic rings. The Kier molecular flexibility index (Phi) is 7.87. The zero-order chi connectivity index (χ0) is 16.7. The van der Waals surface area contributed by atoms with Crippen LogP contribution >= 0.6 is 0 Å². The number of guanidine groups is 1. The number of rotatable bonds is 10. The smallest absolute Gasteiger partial charge is 0.373 e. The summed E-state index contributed by atoms with van der Waals surface area (Å²) >= 11 is 0. The van der Waals surface area contributed by atoms with Gasteiger partial charge in [0.15, 0.2) is 5.96 Å². The van der Waals surface area contributed by atoms with Gasteiger partial charge in [0, 0.05) is 31.4 Å². The largest absolute Gasteiger partial charge is 0.507 e. The fourth-order valence-corrected chi connectivity index (χ4v) is 5.52. The minimum Gasteiger partial charge on any atom is -0.373 e. The number of nitrogens with zero attached hydrogens (tertiary/aromatic N) is 1. The lowest BCUT2D eigenvalue weighted by molar-refractivity contribution is 0.0239. The van der Waals surface area contributed by atoms with Crippen molar-refractivity contribution in [3.63, 3.8) is 0 Å². The van der Waals surface area contributed by atoms with Gasteiger partial charge in [-0.2, -0.15) is 0 Å². The Labute approximate surface area is 130 Å². The van der Waals surface area contributed by atoms with Crippen molar-refractivity contribution in [3.8, 4) is 0 Å². The van der Waals surface area contributed by atoms with E-state index in [9.17, 15) is 0 Å². The molecule has 0 unspecified atom stereocenters. The summed E-state index contributed by atoms with van der Waals surface area (Å²) in [5.41, 5.74) is 10.7. The van der Waals surface area contributed by atoms with Crippen LogP contribution in [-0.2, 0) is 13.3 Å². The van der Waals surface area contributed by atoms with Crippen molar-refractivity contribution in [2.45, 2.75) is 53.5 Å². The van der Waals surface area contributed by atoms with Crippen LogP contribution in [0.3, 0.4) is 0 Å². The van der Waals surface area contributed by atoms with Gasteiger partial charge in [0.25, 0.3) is 0 Å². The molecule has 0 saturated heterocycles. The third kappa shape index (κ3) is 4.67. The first-order valence-corrected chi connectivity index (χ1v) is 9.30. The van der Waals surface area contributed by atoms with Crippen molar-refractivity contribution in [2.24, 2.45) is 21.9 Å². The van der Waals surface area contributed by atoms with Crippen LogP contribution < -0.4 is 11.5 Å². The second-order valence-corrected chi connectivity index (χ2v) is 9.33. The highest BCUT2D eigenvalue weighted by molar-refractivity contribution is 6.64. The van der Waals surface area contributed by atoms with E-state index in [0.29, 0.717) is 26.4 Å². The zero-order valence-electron chi connectivity index (χ0n) is 14.7. The maximum atomic E-state index is 6.05. The summed E-state index contributed by atoms with van der Waals surface area (Å²) < 4.78 is 18.2. The third-order valence-electron chi connectivity index (χ3n) is 4.12. The van der Waals surface area contributed by atoms with E-state index in [1.807, 2.05) is 20.8 Å². The van der Waals surface area contributed by atoms with Gasteiger partial charge in [0.1, 0.15) is 0 Å². The van der Waals surface area contributed by atoms with Crippen LogP contribution in [-0.4, -0.2) is 41.1 Å². The summed E-state index contributed by atoms with van der Waals surface area (Å²) in [7, 11) is -2.88.